The van der Waals surface area contributed by atoms with Crippen LogP contribution in [0.15, 0.2) is 30.3 Å². The van der Waals surface area contributed by atoms with E-state index in [0.717, 1.165) is 48.6 Å². The van der Waals surface area contributed by atoms with Gasteiger partial charge in [-0.05, 0) is 51.2 Å². The van der Waals surface area contributed by atoms with Crippen LogP contribution in [0.4, 0.5) is 19.0 Å². The molecule has 0 bridgehead atoms. The van der Waals surface area contributed by atoms with Crippen molar-refractivity contribution in [3.05, 3.63) is 47.2 Å². The monoisotopic (exact) mass is 502 g/mol. The number of hydrogen-bond acceptors (Lipinski definition) is 5. The predicted molar refractivity (Wildman–Crippen MR) is 133 cm³/mol. The van der Waals surface area contributed by atoms with Crippen molar-refractivity contribution < 1.29 is 22.7 Å². The molecule has 9 heteroatoms. The Balaban J connectivity index is 1.83. The molecule has 0 spiro atoms. The number of carbonyl (C=O) groups is 1. The Kier molecular flexibility index (Phi) is 7.03. The number of anilines is 1. The Morgan fingerprint density at radius 3 is 2.47 bits per heavy atom. The number of fused-ring (bicyclic) bond motifs is 1. The maximum Gasteiger partial charge on any atom is 0.416 e. The highest BCUT2D eigenvalue weighted by Gasteiger charge is 2.43. The molecule has 36 heavy (non-hydrogen) atoms. The molecule has 6 nitrogen and oxygen atoms in total. The fourth-order valence-electron chi connectivity index (χ4n) is 5.26. The summed E-state index contributed by atoms with van der Waals surface area (Å²) in [4.78, 5) is 20.0. The van der Waals surface area contributed by atoms with Crippen LogP contribution in [0.1, 0.15) is 69.7 Å². The first kappa shape index (κ1) is 26.0. The first-order chi connectivity index (χ1) is 17.0. The fourth-order valence-corrected chi connectivity index (χ4v) is 5.26. The summed E-state index contributed by atoms with van der Waals surface area (Å²) in [5.41, 5.74) is 2.35. The second kappa shape index (κ2) is 9.75. The lowest BCUT2D eigenvalue weighted by Crippen LogP contribution is -2.49. The van der Waals surface area contributed by atoms with E-state index in [1.807, 2.05) is 20.8 Å². The smallest absolute Gasteiger partial charge is 0.416 e. The number of alkyl halides is 3. The molecular weight excluding hydrogens is 469 g/mol. The van der Waals surface area contributed by atoms with Crippen molar-refractivity contribution in [2.75, 3.05) is 24.6 Å². The fraction of sp³-hybridized carbons (Fsp3) is 0.519. The molecule has 0 radical (unpaired) electrons. The van der Waals surface area contributed by atoms with Crippen molar-refractivity contribution in [2.45, 2.75) is 66.0 Å². The zero-order valence-electron chi connectivity index (χ0n) is 21.4. The minimum Gasteiger partial charge on any atom is -0.466 e. The number of rotatable bonds is 6. The molecule has 1 aliphatic rings. The number of carbonyl (C=O) groups excluding carboxylic acids is 1. The second-order valence-corrected chi connectivity index (χ2v) is 9.84. The van der Waals surface area contributed by atoms with E-state index in [1.54, 1.807) is 10.6 Å². The summed E-state index contributed by atoms with van der Waals surface area (Å²) in [5.74, 6) is 0.861. The van der Waals surface area contributed by atoms with Gasteiger partial charge in [-0.25, -0.2) is 4.98 Å². The van der Waals surface area contributed by atoms with Crippen molar-refractivity contribution >= 4 is 17.4 Å². The molecule has 3 heterocycles. The van der Waals surface area contributed by atoms with Crippen molar-refractivity contribution in [3.8, 4) is 11.3 Å². The zero-order chi connectivity index (χ0) is 26.3. The highest BCUT2D eigenvalue weighted by molar-refractivity contribution is 5.78. The summed E-state index contributed by atoms with van der Waals surface area (Å²) in [6.45, 7) is 11.6. The van der Waals surface area contributed by atoms with Crippen LogP contribution in [-0.4, -0.2) is 40.3 Å². The van der Waals surface area contributed by atoms with Crippen molar-refractivity contribution in [1.29, 1.82) is 0 Å². The van der Waals surface area contributed by atoms with Crippen molar-refractivity contribution in [2.24, 2.45) is 5.41 Å². The summed E-state index contributed by atoms with van der Waals surface area (Å²) < 4.78 is 46.4. The number of piperidine rings is 1. The molecule has 1 aromatic carbocycles. The number of halogens is 3. The normalized spacial score (nSPS) is 18.8. The second-order valence-electron chi connectivity index (χ2n) is 9.84. The molecule has 0 N–H and O–H groups in total. The van der Waals surface area contributed by atoms with E-state index in [2.05, 4.69) is 18.7 Å². The maximum absolute atomic E-state index is 13.0. The van der Waals surface area contributed by atoms with Gasteiger partial charge in [0.15, 0.2) is 5.65 Å². The highest BCUT2D eigenvalue weighted by Crippen LogP contribution is 2.40. The van der Waals surface area contributed by atoms with Gasteiger partial charge in [-0.15, -0.1) is 0 Å². The van der Waals surface area contributed by atoms with Crippen LogP contribution in [0.3, 0.4) is 0 Å². The van der Waals surface area contributed by atoms with E-state index in [4.69, 9.17) is 14.8 Å². The van der Waals surface area contributed by atoms with Gasteiger partial charge in [-0.2, -0.15) is 22.8 Å². The standard InChI is InChI=1S/C27H33F3N4O2/c1-6-26(25(35)36-7-2)13-8-14-33(16-26)24-23(17(3)4)18(5)31-22-15-21(32-34(22)24)19-9-11-20(12-10-19)27(28,29)30/h9-12,15,17H,6-8,13-14,16H2,1-5H3/t26-/m0/s1. The average molecular weight is 503 g/mol. The van der Waals surface area contributed by atoms with Crippen LogP contribution in [0.2, 0.25) is 0 Å². The molecule has 0 aliphatic carbocycles. The SMILES string of the molecule is CCOC(=O)[C@@]1(CC)CCCN(c2c(C(C)C)c(C)nc3cc(-c4ccc(C(F)(F)F)cc4)nn23)C1. The Labute approximate surface area is 209 Å². The average Bonchev–Trinajstić information content (AvgIpc) is 3.26. The molecular formula is C27H33F3N4O2. The van der Waals surface area contributed by atoms with E-state index < -0.39 is 17.2 Å². The topological polar surface area (TPSA) is 59.7 Å². The van der Waals surface area contributed by atoms with Gasteiger partial charge in [0.25, 0.3) is 0 Å². The van der Waals surface area contributed by atoms with Gasteiger partial charge in [0, 0.05) is 36.0 Å². The van der Waals surface area contributed by atoms with Crippen LogP contribution >= 0.6 is 0 Å². The van der Waals surface area contributed by atoms with Gasteiger partial charge in [-0.1, -0.05) is 32.9 Å². The molecule has 0 unspecified atom stereocenters. The van der Waals surface area contributed by atoms with Crippen molar-refractivity contribution in [1.82, 2.24) is 14.6 Å². The van der Waals surface area contributed by atoms with Gasteiger partial charge in [0.05, 0.1) is 23.3 Å². The number of hydrogen-bond donors (Lipinski definition) is 0. The number of benzene rings is 1. The van der Waals surface area contributed by atoms with Gasteiger partial charge in [0.2, 0.25) is 0 Å². The minimum absolute atomic E-state index is 0.149. The molecule has 1 fully saturated rings. The molecule has 0 amide bonds. The lowest BCUT2D eigenvalue weighted by Gasteiger charge is -2.42. The van der Waals surface area contributed by atoms with E-state index in [1.165, 1.54) is 12.1 Å². The number of esters is 1. The van der Waals surface area contributed by atoms with E-state index >= 15 is 0 Å². The maximum atomic E-state index is 13.0. The van der Waals surface area contributed by atoms with E-state index in [-0.39, 0.29) is 11.9 Å². The van der Waals surface area contributed by atoms with E-state index in [9.17, 15) is 18.0 Å². The Morgan fingerprint density at radius 2 is 1.89 bits per heavy atom. The van der Waals surface area contributed by atoms with Crippen molar-refractivity contribution in [3.63, 3.8) is 0 Å². The Hall–Kier alpha value is -3.10. The Bertz CT molecular complexity index is 1250. The largest absolute Gasteiger partial charge is 0.466 e. The highest BCUT2D eigenvalue weighted by atomic mass is 19.4. The summed E-state index contributed by atoms with van der Waals surface area (Å²) >= 11 is 0. The number of aromatic nitrogens is 3. The molecule has 3 aromatic rings. The lowest BCUT2D eigenvalue weighted by atomic mass is 9.77. The molecule has 4 rings (SSSR count). The summed E-state index contributed by atoms with van der Waals surface area (Å²) in [6, 6.07) is 6.80. The third-order valence-electron chi connectivity index (χ3n) is 7.15. The third-order valence-corrected chi connectivity index (χ3v) is 7.15. The molecule has 1 saturated heterocycles. The van der Waals surface area contributed by atoms with Gasteiger partial charge < -0.3 is 9.64 Å². The quantitative estimate of drug-likeness (QED) is 0.365. The Morgan fingerprint density at radius 1 is 1.19 bits per heavy atom. The summed E-state index contributed by atoms with van der Waals surface area (Å²) in [6.07, 6.45) is -2.13. The van der Waals surface area contributed by atoms with Gasteiger partial charge in [0.1, 0.15) is 5.82 Å². The molecule has 0 saturated carbocycles. The van der Waals surface area contributed by atoms with Gasteiger partial charge >= 0.3 is 12.1 Å². The van der Waals surface area contributed by atoms with Crippen LogP contribution in [0.5, 0.6) is 0 Å². The molecule has 1 atom stereocenters. The molecule has 1 aliphatic heterocycles. The lowest BCUT2D eigenvalue weighted by molar-refractivity contribution is -0.156. The molecule has 2 aromatic heterocycles. The third kappa shape index (κ3) is 4.67. The van der Waals surface area contributed by atoms with E-state index in [0.29, 0.717) is 36.5 Å². The van der Waals surface area contributed by atoms with Crippen LogP contribution < -0.4 is 4.90 Å². The zero-order valence-corrected chi connectivity index (χ0v) is 21.4. The number of ether oxygens (including phenoxy) is 1. The van der Waals surface area contributed by atoms with Gasteiger partial charge in [-0.3, -0.25) is 4.79 Å². The van der Waals surface area contributed by atoms with Crippen LogP contribution in [0, 0.1) is 12.3 Å². The summed E-state index contributed by atoms with van der Waals surface area (Å²) in [7, 11) is 0. The number of aryl methyl sites for hydroxylation is 1. The first-order valence-electron chi connectivity index (χ1n) is 12.5. The summed E-state index contributed by atoms with van der Waals surface area (Å²) in [5, 5.41) is 4.80. The first-order valence-corrected chi connectivity index (χ1v) is 12.5. The number of nitrogens with zero attached hydrogens (tertiary/aromatic N) is 4. The van der Waals surface area contributed by atoms with Crippen LogP contribution in [-0.2, 0) is 15.7 Å². The molecule has 194 valence electrons. The minimum atomic E-state index is -4.39. The predicted octanol–water partition coefficient (Wildman–Crippen LogP) is 6.41. The van der Waals surface area contributed by atoms with Crippen LogP contribution in [0.25, 0.3) is 16.9 Å².